The highest BCUT2D eigenvalue weighted by Crippen LogP contribution is 2.13. The summed E-state index contributed by atoms with van der Waals surface area (Å²) in [5.41, 5.74) is 0. The van der Waals surface area contributed by atoms with Crippen molar-refractivity contribution >= 4 is 5.91 Å². The van der Waals surface area contributed by atoms with Crippen LogP contribution >= 0.6 is 0 Å². The topological polar surface area (TPSA) is 32.3 Å². The van der Waals surface area contributed by atoms with E-state index in [0.717, 1.165) is 38.4 Å². The zero-order valence-electron chi connectivity index (χ0n) is 10.3. The summed E-state index contributed by atoms with van der Waals surface area (Å²) < 4.78 is 0. The third-order valence-electron chi connectivity index (χ3n) is 2.96. The Labute approximate surface area is 93.2 Å². The van der Waals surface area contributed by atoms with Gasteiger partial charge in [-0.05, 0) is 31.7 Å². The molecule has 3 heteroatoms. The van der Waals surface area contributed by atoms with Gasteiger partial charge >= 0.3 is 0 Å². The molecular weight excluding hydrogens is 188 g/mol. The number of rotatable bonds is 6. The van der Waals surface area contributed by atoms with Gasteiger partial charge in [-0.2, -0.15) is 0 Å². The third-order valence-corrected chi connectivity index (χ3v) is 2.96. The van der Waals surface area contributed by atoms with Crippen molar-refractivity contribution in [2.75, 3.05) is 19.6 Å². The molecule has 0 aromatic rings. The van der Waals surface area contributed by atoms with E-state index in [1.165, 1.54) is 6.42 Å². The Morgan fingerprint density at radius 3 is 2.87 bits per heavy atom. The summed E-state index contributed by atoms with van der Waals surface area (Å²) in [6.07, 6.45) is 3.34. The molecule has 1 heterocycles. The second-order valence-corrected chi connectivity index (χ2v) is 4.76. The van der Waals surface area contributed by atoms with E-state index < -0.39 is 0 Å². The van der Waals surface area contributed by atoms with E-state index in [1.54, 1.807) is 0 Å². The molecule has 1 unspecified atom stereocenters. The quantitative estimate of drug-likeness (QED) is 0.726. The average molecular weight is 212 g/mol. The highest BCUT2D eigenvalue weighted by atomic mass is 16.2. The highest BCUT2D eigenvalue weighted by molar-refractivity contribution is 5.83. The van der Waals surface area contributed by atoms with Gasteiger partial charge < -0.3 is 10.2 Å². The Bertz CT molecular complexity index is 204. The van der Waals surface area contributed by atoms with Crippen LogP contribution in [0.2, 0.25) is 0 Å². The van der Waals surface area contributed by atoms with E-state index in [-0.39, 0.29) is 6.04 Å². The lowest BCUT2D eigenvalue weighted by molar-refractivity contribution is -0.129. The minimum atomic E-state index is 0.0917. The lowest BCUT2D eigenvalue weighted by atomic mass is 10.1. The van der Waals surface area contributed by atoms with E-state index >= 15 is 0 Å². The van der Waals surface area contributed by atoms with Crippen molar-refractivity contribution in [3.05, 3.63) is 0 Å². The number of likely N-dealkylation sites (N-methyl/N-ethyl adjacent to an activating group) is 1. The summed E-state index contributed by atoms with van der Waals surface area (Å²) >= 11 is 0. The van der Waals surface area contributed by atoms with Crippen molar-refractivity contribution in [2.24, 2.45) is 5.92 Å². The van der Waals surface area contributed by atoms with Gasteiger partial charge in [-0.3, -0.25) is 4.79 Å². The molecule has 1 aliphatic rings. The van der Waals surface area contributed by atoms with Gasteiger partial charge in [-0.1, -0.05) is 20.8 Å². The Kier molecular flexibility index (Phi) is 5.09. The maximum Gasteiger partial charge on any atom is 0.239 e. The molecule has 0 bridgehead atoms. The van der Waals surface area contributed by atoms with Gasteiger partial charge in [0, 0.05) is 13.1 Å². The molecule has 1 saturated heterocycles. The predicted octanol–water partition coefficient (Wildman–Crippen LogP) is 1.63. The van der Waals surface area contributed by atoms with Gasteiger partial charge in [0.25, 0.3) is 0 Å². The monoisotopic (exact) mass is 212 g/mol. The van der Waals surface area contributed by atoms with Gasteiger partial charge in [-0.15, -0.1) is 0 Å². The van der Waals surface area contributed by atoms with Crippen LogP contribution < -0.4 is 5.32 Å². The van der Waals surface area contributed by atoms with Gasteiger partial charge in [0.1, 0.15) is 0 Å². The van der Waals surface area contributed by atoms with Gasteiger partial charge in [0.05, 0.1) is 6.04 Å². The lowest BCUT2D eigenvalue weighted by Crippen LogP contribution is -2.38. The second-order valence-electron chi connectivity index (χ2n) is 4.76. The number of hydrogen-bond acceptors (Lipinski definition) is 2. The number of nitrogens with one attached hydrogen (secondary N) is 1. The summed E-state index contributed by atoms with van der Waals surface area (Å²) in [7, 11) is 0. The molecule has 1 N–H and O–H groups in total. The minimum absolute atomic E-state index is 0.0917. The van der Waals surface area contributed by atoms with Gasteiger partial charge in [0.15, 0.2) is 0 Å². The van der Waals surface area contributed by atoms with E-state index in [0.29, 0.717) is 5.91 Å². The highest BCUT2D eigenvalue weighted by Gasteiger charge is 2.29. The smallest absolute Gasteiger partial charge is 0.239 e. The second kappa shape index (κ2) is 6.11. The molecule has 88 valence electrons. The Morgan fingerprint density at radius 1 is 1.53 bits per heavy atom. The van der Waals surface area contributed by atoms with E-state index in [2.05, 4.69) is 26.1 Å². The van der Waals surface area contributed by atoms with E-state index in [4.69, 9.17) is 0 Å². The number of likely N-dealkylation sites (tertiary alicyclic amines) is 1. The van der Waals surface area contributed by atoms with Crippen LogP contribution in [0.25, 0.3) is 0 Å². The van der Waals surface area contributed by atoms with Gasteiger partial charge in [-0.25, -0.2) is 0 Å². The standard InChI is InChI=1S/C12H24N2O/c1-4-13-11-7-9-14(12(11)15)8-5-6-10(2)3/h10-11,13H,4-9H2,1-3H3. The summed E-state index contributed by atoms with van der Waals surface area (Å²) in [5.74, 6) is 1.05. The summed E-state index contributed by atoms with van der Waals surface area (Å²) in [6, 6.07) is 0.0917. The number of hydrogen-bond donors (Lipinski definition) is 1. The van der Waals surface area contributed by atoms with Crippen molar-refractivity contribution in [2.45, 2.75) is 46.1 Å². The Hall–Kier alpha value is -0.570. The predicted molar refractivity (Wildman–Crippen MR) is 62.7 cm³/mol. The Balaban J connectivity index is 2.24. The lowest BCUT2D eigenvalue weighted by Gasteiger charge is -2.17. The molecule has 0 spiro atoms. The zero-order chi connectivity index (χ0) is 11.3. The first-order chi connectivity index (χ1) is 7.15. The Morgan fingerprint density at radius 2 is 2.27 bits per heavy atom. The first-order valence-corrected chi connectivity index (χ1v) is 6.17. The third kappa shape index (κ3) is 3.82. The molecular formula is C12H24N2O. The first kappa shape index (κ1) is 12.5. The van der Waals surface area contributed by atoms with Crippen LogP contribution in [0.5, 0.6) is 0 Å². The van der Waals surface area contributed by atoms with Crippen LogP contribution in [0.4, 0.5) is 0 Å². The minimum Gasteiger partial charge on any atom is -0.341 e. The number of nitrogens with zero attached hydrogens (tertiary/aromatic N) is 1. The van der Waals surface area contributed by atoms with Crippen LogP contribution in [-0.2, 0) is 4.79 Å². The fourth-order valence-corrected chi connectivity index (χ4v) is 2.09. The summed E-state index contributed by atoms with van der Waals surface area (Å²) in [4.78, 5) is 13.8. The first-order valence-electron chi connectivity index (χ1n) is 6.17. The number of amides is 1. The molecule has 1 aliphatic heterocycles. The van der Waals surface area contributed by atoms with Crippen molar-refractivity contribution in [1.82, 2.24) is 10.2 Å². The summed E-state index contributed by atoms with van der Waals surface area (Å²) in [6.45, 7) is 9.28. The molecule has 0 saturated carbocycles. The summed E-state index contributed by atoms with van der Waals surface area (Å²) in [5, 5.41) is 3.23. The van der Waals surface area contributed by atoms with Crippen LogP contribution in [0.3, 0.4) is 0 Å². The molecule has 1 amide bonds. The van der Waals surface area contributed by atoms with Crippen molar-refractivity contribution in [3.63, 3.8) is 0 Å². The fraction of sp³-hybridized carbons (Fsp3) is 0.917. The molecule has 1 fully saturated rings. The molecule has 15 heavy (non-hydrogen) atoms. The maximum atomic E-state index is 11.8. The van der Waals surface area contributed by atoms with Crippen molar-refractivity contribution < 1.29 is 4.79 Å². The van der Waals surface area contributed by atoms with Gasteiger partial charge in [0.2, 0.25) is 5.91 Å². The molecule has 1 rings (SSSR count). The maximum absolute atomic E-state index is 11.8. The normalized spacial score (nSPS) is 21.7. The molecule has 0 aliphatic carbocycles. The SMILES string of the molecule is CCNC1CCN(CCCC(C)C)C1=O. The number of carbonyl (C=O) groups is 1. The van der Waals surface area contributed by atoms with Crippen LogP contribution in [0.15, 0.2) is 0 Å². The van der Waals surface area contributed by atoms with E-state index in [1.807, 2.05) is 4.90 Å². The number of carbonyl (C=O) groups excluding carboxylic acids is 1. The van der Waals surface area contributed by atoms with E-state index in [9.17, 15) is 4.79 Å². The van der Waals surface area contributed by atoms with Crippen LogP contribution in [0, 0.1) is 5.92 Å². The molecule has 1 atom stereocenters. The van der Waals surface area contributed by atoms with Crippen LogP contribution in [-0.4, -0.2) is 36.5 Å². The fourth-order valence-electron chi connectivity index (χ4n) is 2.09. The average Bonchev–Trinajstić information content (AvgIpc) is 2.50. The van der Waals surface area contributed by atoms with Crippen LogP contribution in [0.1, 0.15) is 40.0 Å². The largest absolute Gasteiger partial charge is 0.341 e. The molecule has 0 radical (unpaired) electrons. The molecule has 0 aromatic carbocycles. The molecule has 3 nitrogen and oxygen atoms in total. The van der Waals surface area contributed by atoms with Crippen molar-refractivity contribution in [1.29, 1.82) is 0 Å². The molecule has 0 aromatic heterocycles. The zero-order valence-corrected chi connectivity index (χ0v) is 10.3. The van der Waals surface area contributed by atoms with Crippen molar-refractivity contribution in [3.8, 4) is 0 Å².